The minimum absolute atomic E-state index is 0.187. The molecule has 16 aromatic rings. The van der Waals surface area contributed by atoms with Crippen molar-refractivity contribution >= 4 is 88.8 Å². The monoisotopic (exact) mass is 1150 g/mol. The van der Waals surface area contributed by atoms with Crippen LogP contribution in [0.15, 0.2) is 303 Å². The van der Waals surface area contributed by atoms with Gasteiger partial charge in [-0.25, -0.2) is 19.9 Å². The first kappa shape index (κ1) is 54.8. The molecule has 2 aromatic heterocycles. The van der Waals surface area contributed by atoms with Gasteiger partial charge in [-0.2, -0.15) is 9.97 Å². The molecule has 0 saturated carbocycles. The smallest absolute Gasteiger partial charge is 0.423 e. The van der Waals surface area contributed by atoms with Crippen molar-refractivity contribution in [3.63, 3.8) is 0 Å². The second kappa shape index (κ2) is 24.5. The Labute approximate surface area is 513 Å². The van der Waals surface area contributed by atoms with Crippen molar-refractivity contribution in [3.05, 3.63) is 309 Å². The van der Waals surface area contributed by atoms with Gasteiger partial charge in [0.05, 0.1) is 0 Å². The van der Waals surface area contributed by atoms with Gasteiger partial charge in [0, 0.05) is 27.8 Å². The molecule has 2 N–H and O–H groups in total. The Balaban J connectivity index is 0.000000129. The van der Waals surface area contributed by atoms with Crippen LogP contribution < -0.4 is 5.46 Å². The van der Waals surface area contributed by atoms with Crippen LogP contribution in [-0.4, -0.2) is 47.1 Å². The third-order valence-corrected chi connectivity index (χ3v) is 16.0. The topological polar surface area (TPSA) is 118 Å². The van der Waals surface area contributed by atoms with Crippen LogP contribution in [0, 0.1) is 0 Å². The summed E-state index contributed by atoms with van der Waals surface area (Å²) in [6.07, 6.45) is 0. The van der Waals surface area contributed by atoms with E-state index >= 15 is 0 Å². The number of fused-ring (bicyclic) bond motifs is 12. The van der Waals surface area contributed by atoms with Crippen molar-refractivity contribution < 1.29 is 10.0 Å². The Bertz CT molecular complexity index is 5110. The minimum atomic E-state index is -1.39. The standard InChI is InChI=1S/C39H25N3.C27H16ClN3.C12H11BO2/c1-3-11-26(12-4-1)27-19-21-29(22-20-27)38-40-37(28-13-5-2-6-14-28)41-39(42-38)30-23-24-35-33-17-8-7-15-31(33)32-16-9-10-18-34(32)36(35)25-30;28-27-30-25(17-8-2-1-3-9-17)29-26(31-27)18-14-15-23-21-12-5-4-10-19(21)20-11-6-7-13-22(20)24(23)16-18;14-13(15)12-8-6-11(7-9-12)10-4-2-1-3-5-10/h1-25H;1-16H;1-9,14-15H. The molecule has 0 amide bonds. The van der Waals surface area contributed by atoms with E-state index in [2.05, 4.69) is 192 Å². The summed E-state index contributed by atoms with van der Waals surface area (Å²) in [5.41, 5.74) is 9.73. The first-order valence-corrected chi connectivity index (χ1v) is 29.4. The summed E-state index contributed by atoms with van der Waals surface area (Å²) in [7, 11) is -1.39. The fraction of sp³-hybridized carbons (Fsp3) is 0. The van der Waals surface area contributed by atoms with Gasteiger partial charge in [-0.1, -0.05) is 291 Å². The van der Waals surface area contributed by atoms with Crippen molar-refractivity contribution in [2.75, 3.05) is 0 Å². The first-order chi connectivity index (χ1) is 43.4. The molecule has 0 atom stereocenters. The fourth-order valence-electron chi connectivity index (χ4n) is 11.6. The van der Waals surface area contributed by atoms with Crippen LogP contribution in [0.2, 0.25) is 5.28 Å². The highest BCUT2D eigenvalue weighted by molar-refractivity contribution is 6.58. The molecule has 0 aliphatic heterocycles. The van der Waals surface area contributed by atoms with E-state index in [-0.39, 0.29) is 5.28 Å². The third kappa shape index (κ3) is 11.2. The maximum Gasteiger partial charge on any atom is 0.488 e. The van der Waals surface area contributed by atoms with Crippen LogP contribution in [-0.2, 0) is 0 Å². The van der Waals surface area contributed by atoms with Gasteiger partial charge in [-0.3, -0.25) is 0 Å². The van der Waals surface area contributed by atoms with Gasteiger partial charge in [0.25, 0.3) is 0 Å². The lowest BCUT2D eigenvalue weighted by Crippen LogP contribution is -2.29. The zero-order chi connectivity index (χ0) is 59.3. The van der Waals surface area contributed by atoms with E-state index in [9.17, 15) is 0 Å². The first-order valence-electron chi connectivity index (χ1n) is 29.0. The molecule has 0 fully saturated rings. The summed E-state index contributed by atoms with van der Waals surface area (Å²) in [5.74, 6) is 3.11. The molecule has 0 radical (unpaired) electrons. The van der Waals surface area contributed by atoms with E-state index in [0.717, 1.165) is 44.5 Å². The molecule has 2 heterocycles. The van der Waals surface area contributed by atoms with E-state index in [0.29, 0.717) is 34.6 Å². The zero-order valence-electron chi connectivity index (χ0n) is 47.4. The lowest BCUT2D eigenvalue weighted by atomic mass is 9.80. The quantitative estimate of drug-likeness (QED) is 0.114. The number of benzene rings is 14. The Kier molecular flexibility index (Phi) is 15.3. The minimum Gasteiger partial charge on any atom is -0.423 e. The normalized spacial score (nSPS) is 11.1. The van der Waals surface area contributed by atoms with Crippen molar-refractivity contribution in [2.45, 2.75) is 0 Å². The number of hydrogen-bond acceptors (Lipinski definition) is 8. The van der Waals surface area contributed by atoms with Gasteiger partial charge in [0.1, 0.15) is 0 Å². The number of hydrogen-bond donors (Lipinski definition) is 2. The van der Waals surface area contributed by atoms with Gasteiger partial charge in [0.2, 0.25) is 5.28 Å². The molecule has 0 bridgehead atoms. The molecule has 0 saturated heterocycles. The van der Waals surface area contributed by atoms with Crippen LogP contribution in [0.1, 0.15) is 0 Å². The van der Waals surface area contributed by atoms with Crippen LogP contribution >= 0.6 is 11.6 Å². The second-order valence-electron chi connectivity index (χ2n) is 21.3. The van der Waals surface area contributed by atoms with Crippen LogP contribution in [0.25, 0.3) is 144 Å². The number of halogens is 1. The van der Waals surface area contributed by atoms with Gasteiger partial charge in [0.15, 0.2) is 29.1 Å². The number of rotatable bonds is 8. The summed E-state index contributed by atoms with van der Waals surface area (Å²) in [6, 6.07) is 103. The zero-order valence-corrected chi connectivity index (χ0v) is 48.2. The average molecular weight is 1150 g/mol. The van der Waals surface area contributed by atoms with Crippen LogP contribution in [0.3, 0.4) is 0 Å². The maximum atomic E-state index is 8.94. The van der Waals surface area contributed by atoms with Gasteiger partial charge in [-0.15, -0.1) is 0 Å². The van der Waals surface area contributed by atoms with Crippen LogP contribution in [0.5, 0.6) is 0 Å². The maximum absolute atomic E-state index is 8.94. The highest BCUT2D eigenvalue weighted by Crippen LogP contribution is 2.39. The molecule has 16 rings (SSSR count). The Morgan fingerprint density at radius 2 is 0.420 bits per heavy atom. The summed E-state index contributed by atoms with van der Waals surface area (Å²) in [6.45, 7) is 0. The molecule has 14 aromatic carbocycles. The Hall–Kier alpha value is -11.1. The summed E-state index contributed by atoms with van der Waals surface area (Å²) < 4.78 is 0. The molecule has 88 heavy (non-hydrogen) atoms. The average Bonchev–Trinajstić information content (AvgIpc) is 1.20. The highest BCUT2D eigenvalue weighted by Gasteiger charge is 2.17. The molecule has 0 unspecified atom stereocenters. The molecule has 416 valence electrons. The van der Waals surface area contributed by atoms with Crippen molar-refractivity contribution in [1.29, 1.82) is 0 Å². The number of aromatic nitrogens is 6. The molecular weight excluding hydrogens is 1100 g/mol. The van der Waals surface area contributed by atoms with E-state index in [4.69, 9.17) is 41.6 Å². The summed E-state index contributed by atoms with van der Waals surface area (Å²) in [4.78, 5) is 28.4. The molecule has 0 aliphatic carbocycles. The van der Waals surface area contributed by atoms with Crippen molar-refractivity contribution in [1.82, 2.24) is 29.9 Å². The lowest BCUT2D eigenvalue weighted by Gasteiger charge is -2.12. The molecule has 0 spiro atoms. The van der Waals surface area contributed by atoms with E-state index in [1.807, 2.05) is 109 Å². The largest absolute Gasteiger partial charge is 0.488 e. The second-order valence-corrected chi connectivity index (χ2v) is 21.6. The summed E-state index contributed by atoms with van der Waals surface area (Å²) >= 11 is 6.28. The predicted octanol–water partition coefficient (Wildman–Crippen LogP) is 18.4. The molecular formula is C78H52BClN6O2. The third-order valence-electron chi connectivity index (χ3n) is 15.9. The van der Waals surface area contributed by atoms with Gasteiger partial charge in [-0.05, 0) is 116 Å². The fourth-order valence-corrected chi connectivity index (χ4v) is 11.7. The van der Waals surface area contributed by atoms with Crippen molar-refractivity contribution in [3.8, 4) is 79.2 Å². The van der Waals surface area contributed by atoms with E-state index < -0.39 is 7.12 Å². The number of nitrogens with zero attached hydrogens (tertiary/aromatic N) is 6. The lowest BCUT2D eigenvalue weighted by molar-refractivity contribution is 0.426. The van der Waals surface area contributed by atoms with Gasteiger partial charge >= 0.3 is 7.12 Å². The van der Waals surface area contributed by atoms with E-state index in [1.165, 1.54) is 70.2 Å². The van der Waals surface area contributed by atoms with Crippen LogP contribution in [0.4, 0.5) is 0 Å². The Morgan fingerprint density at radius 1 is 0.205 bits per heavy atom. The Morgan fingerprint density at radius 3 is 0.761 bits per heavy atom. The summed E-state index contributed by atoms with van der Waals surface area (Å²) in [5, 5.41) is 32.8. The SMILES string of the molecule is Clc1nc(-c2ccccc2)nc(-c2ccc3c4ccccc4c4ccccc4c3c2)n1.OB(O)c1ccc(-c2ccccc2)cc1.c1ccc(-c2ccc(-c3nc(-c4ccccc4)nc(-c4ccc5c6ccccc6c6ccccc6c5c4)n3)cc2)cc1. The predicted molar refractivity (Wildman–Crippen MR) is 364 cm³/mol. The van der Waals surface area contributed by atoms with Crippen molar-refractivity contribution in [2.24, 2.45) is 0 Å². The van der Waals surface area contributed by atoms with Gasteiger partial charge < -0.3 is 10.0 Å². The highest BCUT2D eigenvalue weighted by atomic mass is 35.5. The molecule has 0 aliphatic rings. The van der Waals surface area contributed by atoms with E-state index in [1.54, 1.807) is 12.1 Å². The molecule has 8 nitrogen and oxygen atoms in total. The molecule has 10 heteroatoms.